The second kappa shape index (κ2) is 7.26. The normalized spacial score (nSPS) is 28.7. The number of hydrogen-bond acceptors (Lipinski definition) is 2. The van der Waals surface area contributed by atoms with Crippen LogP contribution < -0.4 is 0 Å². The van der Waals surface area contributed by atoms with Crippen LogP contribution in [0.1, 0.15) is 25.7 Å². The Morgan fingerprint density at radius 2 is 1.00 bits per heavy atom. The van der Waals surface area contributed by atoms with Crippen LogP contribution in [0, 0.1) is 0 Å². The Kier molecular flexibility index (Phi) is 7.12. The van der Waals surface area contributed by atoms with Crippen molar-refractivity contribution in [1.82, 2.24) is 0 Å². The van der Waals surface area contributed by atoms with Crippen molar-refractivity contribution in [1.29, 1.82) is 0 Å². The van der Waals surface area contributed by atoms with E-state index in [0.29, 0.717) is 35.5 Å². The van der Waals surface area contributed by atoms with Gasteiger partial charge in [-0.15, -0.1) is 0 Å². The first-order valence-corrected chi connectivity index (χ1v) is 14.1. The maximum atomic E-state index is 13.2. The summed E-state index contributed by atoms with van der Waals surface area (Å²) in [6.45, 7) is 0. The molecule has 2 nitrogen and oxygen atoms in total. The average Bonchev–Trinajstić information content (AvgIpc) is 2.19. The SMILES string of the molecule is O=S(=O)(C1=CC(Br)(Br)CC(Br)(Br)C1)C1=CC(Br)(Br)CC(Br)(Br)C1. The molecule has 0 unspecified atom stereocenters. The van der Waals surface area contributed by atoms with Gasteiger partial charge in [0.2, 0.25) is 0 Å². The summed E-state index contributed by atoms with van der Waals surface area (Å²) in [7, 11) is -3.59. The molecule has 0 spiro atoms. The number of halogens is 8. The van der Waals surface area contributed by atoms with Crippen molar-refractivity contribution in [2.75, 3.05) is 0 Å². The van der Waals surface area contributed by atoms with E-state index in [2.05, 4.69) is 127 Å². The number of hydrogen-bond donors (Lipinski definition) is 0. The Morgan fingerprint density at radius 3 is 1.26 bits per heavy atom. The molecule has 11 heteroatoms. The van der Waals surface area contributed by atoms with E-state index in [-0.39, 0.29) is 0 Å². The van der Waals surface area contributed by atoms with E-state index < -0.39 is 22.8 Å². The van der Waals surface area contributed by atoms with Gasteiger partial charge in [0, 0.05) is 35.5 Å². The predicted molar refractivity (Wildman–Crippen MR) is 126 cm³/mol. The highest BCUT2D eigenvalue weighted by molar-refractivity contribution is 9.27. The minimum atomic E-state index is -3.59. The van der Waals surface area contributed by atoms with E-state index in [1.165, 1.54) is 0 Å². The Balaban J connectivity index is 2.50. The van der Waals surface area contributed by atoms with Crippen LogP contribution in [0.25, 0.3) is 0 Å². The third kappa shape index (κ3) is 6.12. The number of alkyl halides is 8. The summed E-state index contributed by atoms with van der Waals surface area (Å²) in [6, 6.07) is 0. The molecular formula is C12H10Br8O2S. The third-order valence-corrected chi connectivity index (χ3v) is 9.47. The highest BCUT2D eigenvalue weighted by atomic mass is 79.9. The molecule has 0 N–H and O–H groups in total. The predicted octanol–water partition coefficient (Wildman–Crippen LogP) is 7.70. The van der Waals surface area contributed by atoms with Crippen molar-refractivity contribution >= 4 is 137 Å². The lowest BCUT2D eigenvalue weighted by Crippen LogP contribution is -2.34. The molecule has 0 bridgehead atoms. The summed E-state index contributed by atoms with van der Waals surface area (Å²) < 4.78 is 24.2. The van der Waals surface area contributed by atoms with Crippen LogP contribution in [0.15, 0.2) is 22.0 Å². The molecule has 0 saturated heterocycles. The van der Waals surface area contributed by atoms with Crippen LogP contribution >= 0.6 is 127 Å². The molecule has 2 rings (SSSR count). The van der Waals surface area contributed by atoms with E-state index in [0.717, 1.165) is 0 Å². The molecule has 0 aliphatic heterocycles. The number of allylic oxidation sites excluding steroid dienone is 4. The quantitative estimate of drug-likeness (QED) is 0.267. The van der Waals surface area contributed by atoms with Crippen molar-refractivity contribution in [2.45, 2.75) is 38.6 Å². The summed E-state index contributed by atoms with van der Waals surface area (Å²) in [6.07, 6.45) is 5.49. The fourth-order valence-corrected chi connectivity index (χ4v) is 14.8. The van der Waals surface area contributed by atoms with Gasteiger partial charge in [-0.25, -0.2) is 8.42 Å². The Labute approximate surface area is 203 Å². The van der Waals surface area contributed by atoms with Crippen LogP contribution in [0.5, 0.6) is 0 Å². The summed E-state index contributed by atoms with van der Waals surface area (Å²) in [5, 5.41) is 0. The van der Waals surface area contributed by atoms with Gasteiger partial charge >= 0.3 is 0 Å². The van der Waals surface area contributed by atoms with Crippen LogP contribution in [0.2, 0.25) is 0 Å². The molecule has 0 aromatic heterocycles. The first kappa shape index (κ1) is 22.6. The molecule has 0 amide bonds. The summed E-state index contributed by atoms with van der Waals surface area (Å²) in [4.78, 5) is 0.733. The third-order valence-electron chi connectivity index (χ3n) is 3.29. The van der Waals surface area contributed by atoms with E-state index in [9.17, 15) is 8.42 Å². The van der Waals surface area contributed by atoms with Gasteiger partial charge < -0.3 is 0 Å². The summed E-state index contributed by atoms with van der Waals surface area (Å²) >= 11 is 28.4. The van der Waals surface area contributed by atoms with Gasteiger partial charge in [0.15, 0.2) is 9.84 Å². The molecule has 0 saturated carbocycles. The van der Waals surface area contributed by atoms with Crippen molar-refractivity contribution in [3.63, 3.8) is 0 Å². The van der Waals surface area contributed by atoms with E-state index >= 15 is 0 Å². The molecule has 2 aliphatic carbocycles. The highest BCUT2D eigenvalue weighted by Crippen LogP contribution is 2.55. The molecule has 0 radical (unpaired) electrons. The van der Waals surface area contributed by atoms with Crippen molar-refractivity contribution in [3.8, 4) is 0 Å². The molecular weight excluding hydrogens is 847 g/mol. The van der Waals surface area contributed by atoms with Gasteiger partial charge in [-0.3, -0.25) is 0 Å². The lowest BCUT2D eigenvalue weighted by atomic mass is 10.1. The largest absolute Gasteiger partial charge is 0.219 e. The molecule has 0 aromatic carbocycles. The van der Waals surface area contributed by atoms with E-state index in [1.54, 1.807) is 12.2 Å². The summed E-state index contributed by atoms with van der Waals surface area (Å²) in [5.74, 6) is 0. The van der Waals surface area contributed by atoms with Gasteiger partial charge in [-0.1, -0.05) is 127 Å². The maximum Gasteiger partial charge on any atom is 0.198 e. The van der Waals surface area contributed by atoms with Gasteiger partial charge in [-0.05, 0) is 12.2 Å². The van der Waals surface area contributed by atoms with Crippen LogP contribution in [-0.2, 0) is 9.84 Å². The second-order valence-corrected chi connectivity index (χ2v) is 23.7. The molecule has 0 aromatic rings. The summed E-state index contributed by atoms with van der Waals surface area (Å²) in [5.41, 5.74) is 0. The van der Waals surface area contributed by atoms with Crippen molar-refractivity contribution in [3.05, 3.63) is 22.0 Å². The van der Waals surface area contributed by atoms with Crippen LogP contribution in [0.4, 0.5) is 0 Å². The fourth-order valence-electron chi connectivity index (χ4n) is 2.51. The zero-order valence-electron chi connectivity index (χ0n) is 11.2. The molecule has 23 heavy (non-hydrogen) atoms. The lowest BCUT2D eigenvalue weighted by molar-refractivity contribution is 0.593. The Morgan fingerprint density at radius 1 is 0.696 bits per heavy atom. The fraction of sp³-hybridized carbons (Fsp3) is 0.667. The monoisotopic (exact) mass is 849 g/mol. The van der Waals surface area contributed by atoms with Crippen molar-refractivity contribution in [2.24, 2.45) is 0 Å². The smallest absolute Gasteiger partial charge is 0.198 e. The molecule has 0 atom stereocenters. The van der Waals surface area contributed by atoms with Gasteiger partial charge in [0.25, 0.3) is 0 Å². The molecule has 132 valence electrons. The minimum Gasteiger partial charge on any atom is -0.219 e. The lowest BCUT2D eigenvalue weighted by Gasteiger charge is -2.36. The maximum absolute atomic E-state index is 13.2. The zero-order valence-corrected chi connectivity index (χ0v) is 24.7. The molecule has 0 fully saturated rings. The van der Waals surface area contributed by atoms with Crippen LogP contribution in [-0.4, -0.2) is 21.4 Å². The number of sulfone groups is 1. The van der Waals surface area contributed by atoms with E-state index in [1.807, 2.05) is 0 Å². The second-order valence-electron chi connectivity index (χ2n) is 5.67. The van der Waals surface area contributed by atoms with Gasteiger partial charge in [0.05, 0.1) is 6.47 Å². The van der Waals surface area contributed by atoms with Gasteiger partial charge in [0.1, 0.15) is 6.47 Å². The highest BCUT2D eigenvalue weighted by Gasteiger charge is 2.46. The van der Waals surface area contributed by atoms with E-state index in [4.69, 9.17) is 0 Å². The average molecular weight is 858 g/mol. The van der Waals surface area contributed by atoms with Crippen LogP contribution in [0.3, 0.4) is 0 Å². The first-order chi connectivity index (χ1) is 10.0. The number of rotatable bonds is 2. The molecule has 2 aliphatic rings. The molecule has 0 heterocycles. The topological polar surface area (TPSA) is 34.1 Å². The Bertz CT molecular complexity index is 623. The van der Waals surface area contributed by atoms with Gasteiger partial charge in [-0.2, -0.15) is 0 Å². The standard InChI is InChI=1S/C12H10Br8O2S/c13-9(14)1-7(2-10(15,16)5-9)23(21,22)8-3-11(17,18)6-12(19,20)4-8/h1,3H,2,4-6H2. The first-order valence-electron chi connectivity index (χ1n) is 6.24. The minimum absolute atomic E-state index is 0.362. The Hall–Kier alpha value is 3.27. The van der Waals surface area contributed by atoms with Crippen molar-refractivity contribution < 1.29 is 8.42 Å². The zero-order chi connectivity index (χ0) is 17.9.